The highest BCUT2D eigenvalue weighted by Crippen LogP contribution is 2.37. The predicted octanol–water partition coefficient (Wildman–Crippen LogP) is 5.34. The Kier molecular flexibility index (Phi) is 7.17. The summed E-state index contributed by atoms with van der Waals surface area (Å²) in [4.78, 5) is 38.1. The number of hydrogen-bond donors (Lipinski definition) is 1. The number of anilines is 1. The highest BCUT2D eigenvalue weighted by molar-refractivity contribution is 6.34. The van der Waals surface area contributed by atoms with Gasteiger partial charge in [0.05, 0.1) is 27.8 Å². The largest absolute Gasteiger partial charge is 0.465 e. The Labute approximate surface area is 234 Å². The Morgan fingerprint density at radius 3 is 2.48 bits per heavy atom. The quantitative estimate of drug-likeness (QED) is 0.358. The Balaban J connectivity index is 1.90. The molecule has 0 bridgehead atoms. The zero-order valence-electron chi connectivity index (χ0n) is 22.2. The summed E-state index contributed by atoms with van der Waals surface area (Å²) < 4.78 is 16.3. The van der Waals surface area contributed by atoms with Crippen LogP contribution < -0.4 is 10.5 Å². The van der Waals surface area contributed by atoms with Crippen LogP contribution in [0, 0.1) is 24.1 Å². The highest BCUT2D eigenvalue weighted by atomic mass is 35.5. The van der Waals surface area contributed by atoms with Gasteiger partial charge in [0.2, 0.25) is 0 Å². The number of piperazine rings is 1. The molecule has 204 valence electrons. The number of benzene rings is 1. The molecule has 40 heavy (non-hydrogen) atoms. The summed E-state index contributed by atoms with van der Waals surface area (Å²) >= 11 is 6.72. The van der Waals surface area contributed by atoms with Gasteiger partial charge in [-0.1, -0.05) is 37.6 Å². The fourth-order valence-electron chi connectivity index (χ4n) is 5.15. The van der Waals surface area contributed by atoms with Crippen LogP contribution in [-0.2, 0) is 0 Å². The van der Waals surface area contributed by atoms with Crippen molar-refractivity contribution in [1.29, 1.82) is 5.26 Å². The van der Waals surface area contributed by atoms with Gasteiger partial charge < -0.3 is 14.9 Å². The zero-order valence-corrected chi connectivity index (χ0v) is 22.9. The molecule has 4 aromatic rings. The summed E-state index contributed by atoms with van der Waals surface area (Å²) in [6.45, 7) is 6.66. The minimum atomic E-state index is -1.03. The van der Waals surface area contributed by atoms with E-state index in [-0.39, 0.29) is 59.6 Å². The van der Waals surface area contributed by atoms with Crippen molar-refractivity contribution in [3.8, 4) is 23.0 Å². The fourth-order valence-corrected chi connectivity index (χ4v) is 5.41. The van der Waals surface area contributed by atoms with Gasteiger partial charge in [-0.3, -0.25) is 14.3 Å². The molecule has 9 nitrogen and oxygen atoms in total. The third kappa shape index (κ3) is 4.52. The maximum absolute atomic E-state index is 14.9. The lowest BCUT2D eigenvalue weighted by molar-refractivity contribution is 0.142. The number of carboxylic acid groups (broad SMARTS) is 1. The molecule has 0 aliphatic carbocycles. The number of pyridine rings is 3. The molecule has 0 radical (unpaired) electrons. The molecule has 0 spiro atoms. The number of nitrogens with zero attached hydrogens (tertiary/aromatic N) is 6. The first-order valence-corrected chi connectivity index (χ1v) is 13.1. The molecule has 5 rings (SSSR count). The zero-order chi connectivity index (χ0) is 28.7. The number of carbonyl (C=O) groups is 1. The van der Waals surface area contributed by atoms with Crippen molar-refractivity contribution in [1.82, 2.24) is 19.4 Å². The van der Waals surface area contributed by atoms with E-state index in [1.54, 1.807) is 36.5 Å². The average molecular weight is 561 g/mol. The molecule has 1 aromatic carbocycles. The number of aromatic nitrogens is 3. The van der Waals surface area contributed by atoms with Gasteiger partial charge >= 0.3 is 6.09 Å². The lowest BCUT2D eigenvalue weighted by Crippen LogP contribution is -2.49. The van der Waals surface area contributed by atoms with E-state index in [2.05, 4.69) is 11.1 Å². The van der Waals surface area contributed by atoms with E-state index in [0.717, 1.165) is 5.56 Å². The van der Waals surface area contributed by atoms with Crippen LogP contribution in [0.4, 0.5) is 14.9 Å². The van der Waals surface area contributed by atoms with Gasteiger partial charge in [-0.05, 0) is 42.7 Å². The number of rotatable bonds is 4. The van der Waals surface area contributed by atoms with Crippen LogP contribution in [-0.4, -0.2) is 56.8 Å². The molecule has 1 N–H and O–H groups in total. The van der Waals surface area contributed by atoms with Crippen LogP contribution >= 0.6 is 11.6 Å². The molecule has 4 heterocycles. The first-order valence-electron chi connectivity index (χ1n) is 12.8. The number of amides is 1. The van der Waals surface area contributed by atoms with Gasteiger partial charge in [-0.15, -0.1) is 0 Å². The summed E-state index contributed by atoms with van der Waals surface area (Å²) in [6, 6.07) is 11.6. The number of halogens is 2. The Bertz CT molecular complexity index is 1760. The first kappa shape index (κ1) is 27.1. The standard InChI is InChI=1S/C29H26ClFN6O3/c1-16(2)23-25(17(3)8-9-33-23)37-27-19(14-21(30)24(34-27)18-6-4-5-7-22(18)31)26(20(15-32)28(37)38)35-10-12-36(13-11-35)29(39)40/h4-9,14,16H,10-13H2,1-3H3,(H,39,40). The molecule has 1 aliphatic rings. The summed E-state index contributed by atoms with van der Waals surface area (Å²) in [5.41, 5.74) is 2.01. The normalized spacial score (nSPS) is 13.6. The van der Waals surface area contributed by atoms with Gasteiger partial charge in [0.25, 0.3) is 5.56 Å². The van der Waals surface area contributed by atoms with E-state index in [1.165, 1.54) is 15.5 Å². The molecular weight excluding hydrogens is 535 g/mol. The van der Waals surface area contributed by atoms with Crippen molar-refractivity contribution in [2.75, 3.05) is 31.1 Å². The third-order valence-electron chi connectivity index (χ3n) is 7.11. The molecule has 1 fully saturated rings. The molecule has 11 heteroatoms. The molecule has 1 saturated heterocycles. The fraction of sp³-hybridized carbons (Fsp3) is 0.276. The minimum Gasteiger partial charge on any atom is -0.465 e. The van der Waals surface area contributed by atoms with Crippen LogP contribution in [0.3, 0.4) is 0 Å². The molecule has 0 saturated carbocycles. The van der Waals surface area contributed by atoms with Crippen LogP contribution in [0.1, 0.15) is 36.6 Å². The number of nitriles is 1. The second-order valence-corrected chi connectivity index (χ2v) is 10.3. The van der Waals surface area contributed by atoms with Crippen LogP contribution in [0.5, 0.6) is 0 Å². The molecule has 1 aliphatic heterocycles. The molecule has 0 unspecified atom stereocenters. The van der Waals surface area contributed by atoms with E-state index in [4.69, 9.17) is 16.6 Å². The summed E-state index contributed by atoms with van der Waals surface area (Å²) in [7, 11) is 0. The van der Waals surface area contributed by atoms with Crippen molar-refractivity contribution in [2.24, 2.45) is 0 Å². The summed E-state index contributed by atoms with van der Waals surface area (Å²) in [5, 5.41) is 20.2. The van der Waals surface area contributed by atoms with E-state index in [9.17, 15) is 24.3 Å². The van der Waals surface area contributed by atoms with Crippen LogP contribution in [0.15, 0.2) is 47.4 Å². The molecule has 1 amide bonds. The van der Waals surface area contributed by atoms with Gasteiger partial charge in [0.1, 0.15) is 23.1 Å². The highest BCUT2D eigenvalue weighted by Gasteiger charge is 2.29. The molecular formula is C29H26ClFN6O3. The third-order valence-corrected chi connectivity index (χ3v) is 7.40. The summed E-state index contributed by atoms with van der Waals surface area (Å²) in [6.07, 6.45) is 0.630. The SMILES string of the molecule is Cc1ccnc(C(C)C)c1-n1c(=O)c(C#N)c(N2CCN(C(=O)O)CC2)c2cc(Cl)c(-c3ccccc3F)nc21. The Hall–Kier alpha value is -4.49. The van der Waals surface area contributed by atoms with E-state index < -0.39 is 17.5 Å². The second kappa shape index (κ2) is 10.6. The number of hydrogen-bond acceptors (Lipinski definition) is 6. The lowest BCUT2D eigenvalue weighted by Gasteiger charge is -2.35. The molecule has 3 aromatic heterocycles. The maximum atomic E-state index is 14.9. The van der Waals surface area contributed by atoms with E-state index >= 15 is 0 Å². The first-order chi connectivity index (χ1) is 19.1. The van der Waals surface area contributed by atoms with E-state index in [0.29, 0.717) is 22.5 Å². The lowest BCUT2D eigenvalue weighted by atomic mass is 10.0. The second-order valence-electron chi connectivity index (χ2n) is 9.92. The summed E-state index contributed by atoms with van der Waals surface area (Å²) in [5.74, 6) is -0.589. The van der Waals surface area contributed by atoms with Crippen molar-refractivity contribution < 1.29 is 14.3 Å². The van der Waals surface area contributed by atoms with Crippen LogP contribution in [0.25, 0.3) is 28.0 Å². The maximum Gasteiger partial charge on any atom is 0.407 e. The van der Waals surface area contributed by atoms with Gasteiger partial charge in [0, 0.05) is 43.3 Å². The van der Waals surface area contributed by atoms with E-state index in [1.807, 2.05) is 25.7 Å². The Morgan fingerprint density at radius 2 is 1.85 bits per heavy atom. The van der Waals surface area contributed by atoms with Gasteiger partial charge in [-0.2, -0.15) is 5.26 Å². The monoisotopic (exact) mass is 560 g/mol. The smallest absolute Gasteiger partial charge is 0.407 e. The topological polar surface area (TPSA) is 115 Å². The van der Waals surface area contributed by atoms with Crippen molar-refractivity contribution >= 4 is 34.4 Å². The van der Waals surface area contributed by atoms with Crippen molar-refractivity contribution in [3.63, 3.8) is 0 Å². The molecule has 0 atom stereocenters. The van der Waals surface area contributed by atoms with Crippen LogP contribution in [0.2, 0.25) is 5.02 Å². The van der Waals surface area contributed by atoms with Gasteiger partial charge in [-0.25, -0.2) is 14.2 Å². The minimum absolute atomic E-state index is 0.0653. The van der Waals surface area contributed by atoms with Gasteiger partial charge in [0.15, 0.2) is 0 Å². The number of aryl methyl sites for hydroxylation is 1. The number of fused-ring (bicyclic) bond motifs is 1. The Morgan fingerprint density at radius 1 is 1.15 bits per heavy atom. The van der Waals surface area contributed by atoms with Crippen molar-refractivity contribution in [3.05, 3.63) is 80.6 Å². The predicted molar refractivity (Wildman–Crippen MR) is 151 cm³/mol. The average Bonchev–Trinajstić information content (AvgIpc) is 2.93. The van der Waals surface area contributed by atoms with Crippen molar-refractivity contribution in [2.45, 2.75) is 26.7 Å².